The van der Waals surface area contributed by atoms with E-state index in [2.05, 4.69) is 4.90 Å². The number of nitrogens with zero attached hydrogens (tertiary/aromatic N) is 1. The third-order valence-electron chi connectivity index (χ3n) is 2.64. The zero-order chi connectivity index (χ0) is 8.39. The quantitative estimate of drug-likeness (QED) is 0.599. The Morgan fingerprint density at radius 1 is 1.33 bits per heavy atom. The first-order valence-corrected chi connectivity index (χ1v) is 4.96. The van der Waals surface area contributed by atoms with Crippen LogP contribution in [0.3, 0.4) is 0 Å². The van der Waals surface area contributed by atoms with Crippen molar-refractivity contribution in [3.05, 3.63) is 0 Å². The molecule has 3 heteroatoms. The first kappa shape index (κ1) is 8.48. The molecule has 0 unspecified atom stereocenters. The second-order valence-corrected chi connectivity index (χ2v) is 3.82. The molecule has 0 amide bonds. The molecule has 1 aliphatic carbocycles. The summed E-state index contributed by atoms with van der Waals surface area (Å²) >= 11 is 0. The van der Waals surface area contributed by atoms with Crippen molar-refractivity contribution >= 4 is 0 Å². The van der Waals surface area contributed by atoms with Crippen molar-refractivity contribution in [2.75, 3.05) is 26.2 Å². The highest BCUT2D eigenvalue weighted by atomic mass is 16.5. The van der Waals surface area contributed by atoms with E-state index in [1.54, 1.807) is 0 Å². The normalized spacial score (nSPS) is 25.8. The van der Waals surface area contributed by atoms with E-state index in [0.717, 1.165) is 38.7 Å². The van der Waals surface area contributed by atoms with Gasteiger partial charge in [-0.25, -0.2) is 0 Å². The lowest BCUT2D eigenvalue weighted by atomic mass is 10.1. The second-order valence-electron chi connectivity index (χ2n) is 3.82. The van der Waals surface area contributed by atoms with Gasteiger partial charge in [0.1, 0.15) is 0 Å². The number of rotatable bonds is 5. The molecule has 0 bridgehead atoms. The summed E-state index contributed by atoms with van der Waals surface area (Å²) in [7, 11) is 0. The summed E-state index contributed by atoms with van der Waals surface area (Å²) in [5.74, 6) is 0. The summed E-state index contributed by atoms with van der Waals surface area (Å²) in [6.07, 6.45) is 4.34. The summed E-state index contributed by atoms with van der Waals surface area (Å²) in [6, 6.07) is 0.916. The maximum Gasteiger partial charge on any atom is 0.0828 e. The molecule has 1 saturated carbocycles. The van der Waals surface area contributed by atoms with Gasteiger partial charge in [-0.15, -0.1) is 0 Å². The molecule has 3 nitrogen and oxygen atoms in total. The third kappa shape index (κ3) is 1.97. The van der Waals surface area contributed by atoms with Gasteiger partial charge >= 0.3 is 0 Å². The van der Waals surface area contributed by atoms with Crippen LogP contribution in [0.5, 0.6) is 0 Å². The average Bonchev–Trinajstić information content (AvgIpc) is 2.76. The molecule has 0 spiro atoms. The molecule has 2 N–H and O–H groups in total. The highest BCUT2D eigenvalue weighted by Crippen LogP contribution is 2.31. The van der Waals surface area contributed by atoms with Gasteiger partial charge in [-0.1, -0.05) is 0 Å². The van der Waals surface area contributed by atoms with Crippen LogP contribution in [0.15, 0.2) is 0 Å². The molecule has 12 heavy (non-hydrogen) atoms. The van der Waals surface area contributed by atoms with E-state index in [1.165, 1.54) is 12.8 Å². The van der Waals surface area contributed by atoms with Crippen LogP contribution in [0, 0.1) is 0 Å². The third-order valence-corrected chi connectivity index (χ3v) is 2.64. The fourth-order valence-electron chi connectivity index (χ4n) is 1.65. The molecule has 1 heterocycles. The van der Waals surface area contributed by atoms with E-state index in [1.807, 2.05) is 0 Å². The van der Waals surface area contributed by atoms with Crippen molar-refractivity contribution in [1.82, 2.24) is 4.90 Å². The van der Waals surface area contributed by atoms with Crippen molar-refractivity contribution in [3.63, 3.8) is 0 Å². The molecule has 2 rings (SSSR count). The Kier molecular flexibility index (Phi) is 2.63. The Bertz CT molecular complexity index is 141. The minimum atomic E-state index is 0.511. The molecule has 2 aliphatic rings. The summed E-state index contributed by atoms with van der Waals surface area (Å²) in [6.45, 7) is 3.92. The van der Waals surface area contributed by atoms with E-state index < -0.39 is 0 Å². The number of hydrogen-bond acceptors (Lipinski definition) is 3. The summed E-state index contributed by atoms with van der Waals surface area (Å²) in [5, 5.41) is 0. The van der Waals surface area contributed by atoms with Crippen LogP contribution >= 0.6 is 0 Å². The first-order chi connectivity index (χ1) is 5.90. The van der Waals surface area contributed by atoms with Crippen LogP contribution in [-0.2, 0) is 4.74 Å². The van der Waals surface area contributed by atoms with E-state index in [-0.39, 0.29) is 0 Å². The van der Waals surface area contributed by atoms with Gasteiger partial charge in [0.25, 0.3) is 0 Å². The average molecular weight is 170 g/mol. The van der Waals surface area contributed by atoms with Crippen LogP contribution in [0.25, 0.3) is 0 Å². The fraction of sp³-hybridized carbons (Fsp3) is 1.00. The zero-order valence-corrected chi connectivity index (χ0v) is 7.54. The number of nitrogens with two attached hydrogens (primary N) is 1. The Labute approximate surface area is 73.9 Å². The lowest BCUT2D eigenvalue weighted by Crippen LogP contribution is -2.53. The minimum Gasteiger partial charge on any atom is -0.376 e. The van der Waals surface area contributed by atoms with Crippen LogP contribution < -0.4 is 5.73 Å². The van der Waals surface area contributed by atoms with Crippen molar-refractivity contribution in [3.8, 4) is 0 Å². The lowest BCUT2D eigenvalue weighted by molar-refractivity contribution is -0.0579. The molecular weight excluding hydrogens is 152 g/mol. The number of likely N-dealkylation sites (tertiary alicyclic amines) is 1. The van der Waals surface area contributed by atoms with Gasteiger partial charge in [0, 0.05) is 25.7 Å². The predicted molar refractivity (Wildman–Crippen MR) is 48.0 cm³/mol. The summed E-state index contributed by atoms with van der Waals surface area (Å²) in [5.41, 5.74) is 5.37. The topological polar surface area (TPSA) is 38.5 Å². The molecule has 0 atom stereocenters. The Hall–Kier alpha value is -0.120. The summed E-state index contributed by atoms with van der Waals surface area (Å²) < 4.78 is 5.60. The molecule has 70 valence electrons. The van der Waals surface area contributed by atoms with Gasteiger partial charge in [0.15, 0.2) is 0 Å². The van der Waals surface area contributed by atoms with E-state index in [9.17, 15) is 0 Å². The smallest absolute Gasteiger partial charge is 0.0828 e. The van der Waals surface area contributed by atoms with Crippen molar-refractivity contribution < 1.29 is 4.74 Å². The molecule has 0 radical (unpaired) electrons. The monoisotopic (exact) mass is 170 g/mol. The van der Waals surface area contributed by atoms with E-state index in [4.69, 9.17) is 10.5 Å². The summed E-state index contributed by atoms with van der Waals surface area (Å²) in [4.78, 5) is 2.52. The SMILES string of the molecule is NCCCOC1CN(C2CC2)C1. The van der Waals surface area contributed by atoms with E-state index in [0.29, 0.717) is 6.10 Å². The maximum absolute atomic E-state index is 5.60. The second kappa shape index (κ2) is 3.73. The van der Waals surface area contributed by atoms with Crippen LogP contribution in [-0.4, -0.2) is 43.3 Å². The molecule has 1 aliphatic heterocycles. The lowest BCUT2D eigenvalue weighted by Gasteiger charge is -2.39. The van der Waals surface area contributed by atoms with E-state index >= 15 is 0 Å². The standard InChI is InChI=1S/C9H18N2O/c10-4-1-5-12-9-6-11(7-9)8-2-3-8/h8-9H,1-7,10H2. The number of hydrogen-bond donors (Lipinski definition) is 1. The van der Waals surface area contributed by atoms with Gasteiger partial charge in [0.2, 0.25) is 0 Å². The van der Waals surface area contributed by atoms with Crippen LogP contribution in [0.4, 0.5) is 0 Å². The van der Waals surface area contributed by atoms with Crippen molar-refractivity contribution in [2.45, 2.75) is 31.4 Å². The van der Waals surface area contributed by atoms with Crippen LogP contribution in [0.1, 0.15) is 19.3 Å². The maximum atomic E-state index is 5.60. The molecule has 0 aromatic rings. The highest BCUT2D eigenvalue weighted by molar-refractivity contribution is 4.93. The van der Waals surface area contributed by atoms with Gasteiger partial charge in [0.05, 0.1) is 6.10 Å². The zero-order valence-electron chi connectivity index (χ0n) is 7.54. The van der Waals surface area contributed by atoms with Gasteiger partial charge < -0.3 is 10.5 Å². The minimum absolute atomic E-state index is 0.511. The molecule has 0 aromatic carbocycles. The Balaban J connectivity index is 1.50. The predicted octanol–water partition coefficient (Wildman–Crippen LogP) is 0.198. The molecular formula is C9H18N2O. The van der Waals surface area contributed by atoms with Crippen LogP contribution in [0.2, 0.25) is 0 Å². The molecule has 1 saturated heterocycles. The highest BCUT2D eigenvalue weighted by Gasteiger charge is 2.38. The van der Waals surface area contributed by atoms with Gasteiger partial charge in [-0.3, -0.25) is 4.90 Å². The van der Waals surface area contributed by atoms with Gasteiger partial charge in [-0.2, -0.15) is 0 Å². The Morgan fingerprint density at radius 2 is 2.08 bits per heavy atom. The van der Waals surface area contributed by atoms with Gasteiger partial charge in [-0.05, 0) is 25.8 Å². The van der Waals surface area contributed by atoms with Crippen molar-refractivity contribution in [2.24, 2.45) is 5.73 Å². The molecule has 0 aromatic heterocycles. The Morgan fingerprint density at radius 3 is 2.67 bits per heavy atom. The van der Waals surface area contributed by atoms with Crippen molar-refractivity contribution in [1.29, 1.82) is 0 Å². The number of ether oxygens (including phenoxy) is 1. The largest absolute Gasteiger partial charge is 0.376 e. The first-order valence-electron chi connectivity index (χ1n) is 4.96. The molecule has 2 fully saturated rings. The fourth-order valence-corrected chi connectivity index (χ4v) is 1.65.